The lowest BCUT2D eigenvalue weighted by molar-refractivity contribution is 0.1000. The first kappa shape index (κ1) is 16.0. The van der Waals surface area contributed by atoms with Gasteiger partial charge in [-0.3, -0.25) is 4.79 Å². The first-order valence-electron chi connectivity index (χ1n) is 6.35. The van der Waals surface area contributed by atoms with Gasteiger partial charge in [0.05, 0.1) is 5.56 Å². The summed E-state index contributed by atoms with van der Waals surface area (Å²) in [7, 11) is 0. The maximum Gasteiger partial charge on any atom is 0.251 e. The van der Waals surface area contributed by atoms with E-state index in [1.165, 1.54) is 0 Å². The summed E-state index contributed by atoms with van der Waals surface area (Å²) in [4.78, 5) is 11.6. The normalized spacial score (nSPS) is 14.2. The Morgan fingerprint density at radius 2 is 2.11 bits per heavy atom. The van der Waals surface area contributed by atoms with Crippen molar-refractivity contribution in [3.05, 3.63) is 28.2 Å². The highest BCUT2D eigenvalue weighted by Crippen LogP contribution is 2.28. The molecule has 0 aliphatic rings. The molecular formula is C14H22BrN3O. The van der Waals surface area contributed by atoms with Gasteiger partial charge in [-0.15, -0.1) is 0 Å². The summed E-state index contributed by atoms with van der Waals surface area (Å²) in [5, 5.41) is 3.37. The average molecular weight is 328 g/mol. The van der Waals surface area contributed by atoms with Crippen LogP contribution >= 0.6 is 15.9 Å². The summed E-state index contributed by atoms with van der Waals surface area (Å²) in [5.41, 5.74) is 12.2. The molecule has 0 saturated carbocycles. The average Bonchev–Trinajstić information content (AvgIpc) is 2.27. The number of carbonyl (C=O) groups excluding carboxylic acids is 1. The topological polar surface area (TPSA) is 81.1 Å². The molecule has 106 valence electrons. The van der Waals surface area contributed by atoms with E-state index in [1.807, 2.05) is 12.1 Å². The van der Waals surface area contributed by atoms with Gasteiger partial charge in [-0.2, -0.15) is 0 Å². The predicted molar refractivity (Wildman–Crippen MR) is 83.2 cm³/mol. The molecule has 0 heterocycles. The van der Waals surface area contributed by atoms with Crippen molar-refractivity contribution in [1.29, 1.82) is 0 Å². The van der Waals surface area contributed by atoms with Crippen molar-refractivity contribution in [2.75, 3.05) is 11.9 Å². The van der Waals surface area contributed by atoms with E-state index >= 15 is 0 Å². The van der Waals surface area contributed by atoms with Crippen molar-refractivity contribution in [2.45, 2.75) is 32.7 Å². The minimum atomic E-state index is -0.459. The number of hydrogen-bond donors (Lipinski definition) is 3. The molecule has 1 amide bonds. The molecule has 1 atom stereocenters. The highest BCUT2D eigenvalue weighted by Gasteiger charge is 2.25. The second-order valence-corrected chi connectivity index (χ2v) is 6.37. The maximum atomic E-state index is 11.6. The minimum Gasteiger partial charge on any atom is -0.378 e. The van der Waals surface area contributed by atoms with Gasteiger partial charge < -0.3 is 16.8 Å². The lowest BCUT2D eigenvalue weighted by Gasteiger charge is -2.33. The molecule has 19 heavy (non-hydrogen) atoms. The molecule has 1 rings (SSSR count). The highest BCUT2D eigenvalue weighted by molar-refractivity contribution is 9.10. The van der Waals surface area contributed by atoms with E-state index < -0.39 is 5.91 Å². The van der Waals surface area contributed by atoms with Crippen LogP contribution in [0.3, 0.4) is 0 Å². The fourth-order valence-corrected chi connectivity index (χ4v) is 2.85. The lowest BCUT2D eigenvalue weighted by atomic mass is 9.90. The molecule has 5 heteroatoms. The molecule has 0 aliphatic carbocycles. The smallest absolute Gasteiger partial charge is 0.251 e. The van der Waals surface area contributed by atoms with Crippen molar-refractivity contribution in [3.8, 4) is 0 Å². The van der Waals surface area contributed by atoms with E-state index in [0.717, 1.165) is 12.1 Å². The van der Waals surface area contributed by atoms with Gasteiger partial charge in [-0.25, -0.2) is 0 Å². The van der Waals surface area contributed by atoms with Gasteiger partial charge in [0, 0.05) is 22.2 Å². The van der Waals surface area contributed by atoms with Crippen LogP contribution in [0.15, 0.2) is 22.7 Å². The van der Waals surface area contributed by atoms with Crippen molar-refractivity contribution < 1.29 is 4.79 Å². The number of hydrogen-bond acceptors (Lipinski definition) is 3. The third kappa shape index (κ3) is 4.21. The lowest BCUT2D eigenvalue weighted by Crippen LogP contribution is -2.44. The quantitative estimate of drug-likeness (QED) is 0.751. The fraction of sp³-hybridized carbons (Fsp3) is 0.500. The van der Waals surface area contributed by atoms with E-state index in [2.05, 4.69) is 42.0 Å². The van der Waals surface area contributed by atoms with Crippen LogP contribution in [0.2, 0.25) is 0 Å². The Labute approximate surface area is 123 Å². The predicted octanol–water partition coefficient (Wildman–Crippen LogP) is 2.72. The largest absolute Gasteiger partial charge is 0.378 e. The molecule has 0 bridgehead atoms. The number of benzene rings is 1. The van der Waals surface area contributed by atoms with Crippen molar-refractivity contribution in [2.24, 2.45) is 17.4 Å². The Balaban J connectivity index is 3.10. The number of halogens is 1. The standard InChI is InChI=1S/C14H22BrN3O/c1-9(2)7-14(3,8-16)18-11-6-4-5-10(15)12(11)13(17)19/h4-6,9,18H,7-8,16H2,1-3H3,(H2,17,19). The van der Waals surface area contributed by atoms with Crippen molar-refractivity contribution in [3.63, 3.8) is 0 Å². The second-order valence-electron chi connectivity index (χ2n) is 5.51. The zero-order valence-corrected chi connectivity index (χ0v) is 13.3. The zero-order valence-electron chi connectivity index (χ0n) is 11.7. The molecule has 1 unspecified atom stereocenters. The van der Waals surface area contributed by atoms with Crippen LogP contribution in [-0.2, 0) is 0 Å². The zero-order chi connectivity index (χ0) is 14.6. The van der Waals surface area contributed by atoms with Crippen LogP contribution in [0, 0.1) is 5.92 Å². The molecule has 0 radical (unpaired) electrons. The summed E-state index contributed by atoms with van der Waals surface area (Å²) in [6, 6.07) is 5.51. The summed E-state index contributed by atoms with van der Waals surface area (Å²) in [6.45, 7) is 6.82. The van der Waals surface area contributed by atoms with Gasteiger partial charge in [0.25, 0.3) is 5.91 Å². The van der Waals surface area contributed by atoms with Gasteiger partial charge in [-0.05, 0) is 47.3 Å². The van der Waals surface area contributed by atoms with Gasteiger partial charge in [0.15, 0.2) is 0 Å². The Morgan fingerprint density at radius 1 is 1.47 bits per heavy atom. The number of primary amides is 1. The summed E-state index contributed by atoms with van der Waals surface area (Å²) >= 11 is 3.36. The second kappa shape index (κ2) is 6.39. The van der Waals surface area contributed by atoms with Gasteiger partial charge in [0.1, 0.15) is 0 Å². The van der Waals surface area contributed by atoms with Crippen LogP contribution in [0.1, 0.15) is 37.6 Å². The number of carbonyl (C=O) groups is 1. The van der Waals surface area contributed by atoms with Crippen LogP contribution in [0.5, 0.6) is 0 Å². The summed E-state index contributed by atoms with van der Waals surface area (Å²) in [5.74, 6) is 0.0455. The summed E-state index contributed by atoms with van der Waals surface area (Å²) in [6.07, 6.45) is 0.911. The highest BCUT2D eigenvalue weighted by atomic mass is 79.9. The molecule has 0 fully saturated rings. The van der Waals surface area contributed by atoms with Crippen LogP contribution < -0.4 is 16.8 Å². The van der Waals surface area contributed by atoms with Crippen LogP contribution in [0.4, 0.5) is 5.69 Å². The third-order valence-corrected chi connectivity index (χ3v) is 3.67. The molecule has 0 spiro atoms. The number of rotatable bonds is 6. The molecule has 0 aromatic heterocycles. The number of nitrogens with two attached hydrogens (primary N) is 2. The van der Waals surface area contributed by atoms with E-state index in [0.29, 0.717) is 22.5 Å². The number of anilines is 1. The molecular weight excluding hydrogens is 306 g/mol. The number of nitrogens with one attached hydrogen (secondary N) is 1. The van der Waals surface area contributed by atoms with Gasteiger partial charge >= 0.3 is 0 Å². The van der Waals surface area contributed by atoms with E-state index in [-0.39, 0.29) is 5.54 Å². The van der Waals surface area contributed by atoms with Crippen LogP contribution in [-0.4, -0.2) is 18.0 Å². The van der Waals surface area contributed by atoms with E-state index in [4.69, 9.17) is 11.5 Å². The Bertz CT molecular complexity index is 462. The Morgan fingerprint density at radius 3 is 2.58 bits per heavy atom. The molecule has 5 N–H and O–H groups in total. The summed E-state index contributed by atoms with van der Waals surface area (Å²) < 4.78 is 0.689. The van der Waals surface area contributed by atoms with Gasteiger partial charge in [0.2, 0.25) is 0 Å². The molecule has 1 aromatic rings. The number of amides is 1. The Hall–Kier alpha value is -1.07. The first-order chi connectivity index (χ1) is 8.79. The molecule has 0 saturated heterocycles. The van der Waals surface area contributed by atoms with Crippen LogP contribution in [0.25, 0.3) is 0 Å². The fourth-order valence-electron chi connectivity index (χ4n) is 2.29. The Kier molecular flexibility index (Phi) is 5.38. The van der Waals surface area contributed by atoms with Crippen molar-refractivity contribution in [1.82, 2.24) is 0 Å². The first-order valence-corrected chi connectivity index (χ1v) is 7.15. The minimum absolute atomic E-state index is 0.265. The monoisotopic (exact) mass is 327 g/mol. The van der Waals surface area contributed by atoms with E-state index in [1.54, 1.807) is 6.07 Å². The third-order valence-electron chi connectivity index (χ3n) is 3.01. The molecule has 1 aromatic carbocycles. The van der Waals surface area contributed by atoms with Gasteiger partial charge in [-0.1, -0.05) is 19.9 Å². The molecule has 0 aliphatic heterocycles. The van der Waals surface area contributed by atoms with Crippen molar-refractivity contribution >= 4 is 27.5 Å². The SMILES string of the molecule is CC(C)CC(C)(CN)Nc1cccc(Br)c1C(N)=O. The maximum absolute atomic E-state index is 11.6. The van der Waals surface area contributed by atoms with E-state index in [9.17, 15) is 4.79 Å². The molecule has 4 nitrogen and oxygen atoms in total.